The highest BCUT2D eigenvalue weighted by Crippen LogP contribution is 2.43. The molecule has 3 saturated heterocycles. The van der Waals surface area contributed by atoms with Crippen LogP contribution in [0, 0.1) is 17.8 Å². The summed E-state index contributed by atoms with van der Waals surface area (Å²) in [5.74, 6) is -5.32. The van der Waals surface area contributed by atoms with Gasteiger partial charge >= 0.3 is 12.1 Å². The molecule has 1 amide bonds. The number of aromatic nitrogens is 1. The smallest absolute Gasteiger partial charge is 0.410 e. The lowest BCUT2D eigenvalue weighted by atomic mass is 9.73. The third-order valence-corrected chi connectivity index (χ3v) is 12.6. The summed E-state index contributed by atoms with van der Waals surface area (Å²) in [7, 11) is 5.04. The first kappa shape index (κ1) is 45.3. The number of hydrogen-bond donors (Lipinski definition) is 1. The molecule has 0 bridgehead atoms. The fourth-order valence-corrected chi connectivity index (χ4v) is 9.27. The van der Waals surface area contributed by atoms with Crippen LogP contribution in [-0.2, 0) is 38.1 Å². The van der Waals surface area contributed by atoms with E-state index in [4.69, 9.17) is 28.4 Å². The number of carbonyl (C=O) groups is 4. The topological polar surface area (TPSA) is 163 Å². The average molecular weight is 816 g/mol. The number of benzene rings is 1. The highest BCUT2D eigenvalue weighted by molar-refractivity contribution is 6.08. The predicted octanol–water partition coefficient (Wildman–Crippen LogP) is 5.30. The lowest BCUT2D eigenvalue weighted by Gasteiger charge is -2.47. The minimum absolute atomic E-state index is 0.0129. The van der Waals surface area contributed by atoms with Gasteiger partial charge in [0.15, 0.2) is 17.7 Å². The van der Waals surface area contributed by atoms with Crippen molar-refractivity contribution in [3.8, 4) is 5.75 Å². The number of cyclic esters (lactones) is 1. The van der Waals surface area contributed by atoms with Gasteiger partial charge in [-0.1, -0.05) is 45.9 Å². The van der Waals surface area contributed by atoms with Crippen LogP contribution in [0.4, 0.5) is 9.18 Å². The van der Waals surface area contributed by atoms with Gasteiger partial charge in [-0.3, -0.25) is 14.6 Å². The number of amides is 1. The second-order valence-corrected chi connectivity index (χ2v) is 17.2. The molecule has 0 radical (unpaired) electrons. The number of aliphatic hydroxyl groups excluding tert-OH is 1. The summed E-state index contributed by atoms with van der Waals surface area (Å²) in [6.45, 7) is 12.8. The van der Waals surface area contributed by atoms with Gasteiger partial charge in [0.05, 0.1) is 42.2 Å². The molecule has 0 spiro atoms. The molecule has 1 N–H and O–H groups in total. The van der Waals surface area contributed by atoms with Gasteiger partial charge in [-0.05, 0) is 79.6 Å². The molecule has 14 nitrogen and oxygen atoms in total. The van der Waals surface area contributed by atoms with E-state index in [1.165, 1.54) is 18.9 Å². The molecule has 0 aliphatic carbocycles. The Labute approximate surface area is 341 Å². The zero-order valence-electron chi connectivity index (χ0n) is 35.7. The highest BCUT2D eigenvalue weighted by Gasteiger charge is 2.61. The van der Waals surface area contributed by atoms with Gasteiger partial charge in [-0.2, -0.15) is 0 Å². The summed E-state index contributed by atoms with van der Waals surface area (Å²) in [4.78, 5) is 64.3. The van der Waals surface area contributed by atoms with Crippen molar-refractivity contribution in [2.24, 2.45) is 17.8 Å². The molecule has 2 aromatic rings. The Morgan fingerprint density at radius 3 is 2.40 bits per heavy atom. The van der Waals surface area contributed by atoms with Gasteiger partial charge in [0, 0.05) is 42.8 Å². The fourth-order valence-electron chi connectivity index (χ4n) is 9.27. The van der Waals surface area contributed by atoms with Crippen LogP contribution in [0.5, 0.6) is 5.75 Å². The van der Waals surface area contributed by atoms with Crippen molar-refractivity contribution < 1.29 is 57.1 Å². The fraction of sp³-hybridized carbons (Fsp3) is 0.698. The summed E-state index contributed by atoms with van der Waals surface area (Å²) in [6, 6.07) is 8.19. The van der Waals surface area contributed by atoms with Gasteiger partial charge in [0.25, 0.3) is 5.67 Å². The van der Waals surface area contributed by atoms with E-state index >= 15 is 4.39 Å². The Kier molecular flexibility index (Phi) is 13.9. The molecule has 4 heterocycles. The number of pyridine rings is 1. The van der Waals surface area contributed by atoms with E-state index < -0.39 is 83.1 Å². The highest BCUT2D eigenvalue weighted by atomic mass is 19.1. The van der Waals surface area contributed by atoms with Gasteiger partial charge < -0.3 is 43.3 Å². The molecule has 58 heavy (non-hydrogen) atoms. The van der Waals surface area contributed by atoms with Crippen LogP contribution in [0.25, 0.3) is 10.9 Å². The number of carbonyl (C=O) groups excluding carboxylic acids is 4. The zero-order valence-corrected chi connectivity index (χ0v) is 35.7. The molecule has 0 saturated carbocycles. The first-order valence-corrected chi connectivity index (χ1v) is 20.4. The third-order valence-electron chi connectivity index (χ3n) is 12.6. The maximum absolute atomic E-state index is 16.9. The molecule has 5 rings (SSSR count). The molecule has 1 aromatic carbocycles. The van der Waals surface area contributed by atoms with Crippen molar-refractivity contribution >= 4 is 34.5 Å². The molecule has 3 fully saturated rings. The predicted molar refractivity (Wildman–Crippen MR) is 212 cm³/mol. The van der Waals surface area contributed by atoms with Crippen LogP contribution < -0.4 is 4.74 Å². The van der Waals surface area contributed by atoms with Crippen molar-refractivity contribution in [2.75, 3.05) is 34.4 Å². The molecule has 3 aliphatic rings. The van der Waals surface area contributed by atoms with E-state index in [2.05, 4.69) is 4.98 Å². The van der Waals surface area contributed by atoms with Crippen molar-refractivity contribution in [1.82, 2.24) is 14.8 Å². The summed E-state index contributed by atoms with van der Waals surface area (Å²) in [5.41, 5.74) is -5.43. The number of ketones is 2. The number of esters is 1. The average Bonchev–Trinajstić information content (AvgIpc) is 3.45. The Balaban J connectivity index is 1.48. The Hall–Kier alpha value is -3.76. The number of halogens is 1. The number of fused-ring (bicyclic) bond motifs is 2. The summed E-state index contributed by atoms with van der Waals surface area (Å²) >= 11 is 0. The Morgan fingerprint density at radius 2 is 1.74 bits per heavy atom. The zero-order chi connectivity index (χ0) is 42.9. The van der Waals surface area contributed by atoms with Gasteiger partial charge in [-0.15, -0.1) is 0 Å². The van der Waals surface area contributed by atoms with Gasteiger partial charge in [0.2, 0.25) is 0 Å². The second-order valence-electron chi connectivity index (χ2n) is 17.2. The van der Waals surface area contributed by atoms with E-state index in [0.29, 0.717) is 18.6 Å². The standard InChI is InChI=1S/C43H62FN3O11/c1-12-32-43(8)35(47(40(52)58-43)18-15-19-54-29-21-28-16-13-14-17-30(28)45-23-29)26(4)33(48)24(2)22-41(6,53-11)37(27(5)36(50)42(7,44)39(51)56-32)57-38-34(49)31(46(9)10)20-25(3)55-38/h13-14,16-17,21,23-27,31-32,34-35,37-38,49H,12,15,18-20,22H2,1-11H3/t24-,25-,26+,27+,31+,32-,34-,35-,37-,38+,41-,42+,43-/m1/s1. The van der Waals surface area contributed by atoms with Gasteiger partial charge in [-0.25, -0.2) is 14.0 Å². The maximum Gasteiger partial charge on any atom is 0.410 e. The monoisotopic (exact) mass is 815 g/mol. The minimum atomic E-state index is -3.19. The van der Waals surface area contributed by atoms with E-state index in [1.807, 2.05) is 56.3 Å². The number of ether oxygens (including phenoxy) is 6. The number of likely N-dealkylation sites (N-methyl/N-ethyl adjacent to an activating group) is 1. The molecule has 15 heteroatoms. The van der Waals surface area contributed by atoms with E-state index in [0.717, 1.165) is 17.8 Å². The van der Waals surface area contributed by atoms with E-state index in [1.54, 1.807) is 40.8 Å². The third kappa shape index (κ3) is 8.89. The van der Waals surface area contributed by atoms with Gasteiger partial charge in [0.1, 0.15) is 23.7 Å². The largest absolute Gasteiger partial charge is 0.492 e. The molecular formula is C43H62FN3O11. The number of methoxy groups -OCH3 is 1. The molecule has 13 atom stereocenters. The van der Waals surface area contributed by atoms with Crippen molar-refractivity contribution in [2.45, 2.75) is 141 Å². The SMILES string of the molecule is CC[C@H]1OC(=O)[C@@](C)(F)C(=O)[C@H](C)[C@@H](O[C@@H]2O[C@H](C)C[C@H](N(C)C)[C@H]2O)[C@](C)(OC)C[C@@H](C)C(=O)[C@H](C)[C@H]2N(CCCOc3cnc4ccccc4c3)C(=O)O[C@]12C. The summed E-state index contributed by atoms with van der Waals surface area (Å²) < 4.78 is 53.4. The molecule has 0 unspecified atom stereocenters. The van der Waals surface area contributed by atoms with E-state index in [-0.39, 0.29) is 43.9 Å². The number of hydrogen-bond acceptors (Lipinski definition) is 13. The van der Waals surface area contributed by atoms with E-state index in [9.17, 15) is 24.3 Å². The summed E-state index contributed by atoms with van der Waals surface area (Å²) in [5, 5.41) is 12.3. The van der Waals surface area contributed by atoms with Crippen LogP contribution in [0.3, 0.4) is 0 Å². The molecule has 3 aliphatic heterocycles. The number of para-hydroxylation sites is 1. The quantitative estimate of drug-likeness (QED) is 0.187. The van der Waals surface area contributed by atoms with Crippen molar-refractivity contribution in [3.63, 3.8) is 0 Å². The number of alkyl halides is 1. The van der Waals surface area contributed by atoms with Crippen molar-refractivity contribution in [1.29, 1.82) is 0 Å². The lowest BCUT2D eigenvalue weighted by Crippen LogP contribution is -2.61. The number of nitrogens with zero attached hydrogens (tertiary/aromatic N) is 3. The Morgan fingerprint density at radius 1 is 1.05 bits per heavy atom. The number of Topliss-reactive ketones (excluding diaryl/α,β-unsaturated/α-hetero) is 2. The van der Waals surface area contributed by atoms with Crippen LogP contribution in [-0.4, -0.2) is 138 Å². The second kappa shape index (κ2) is 17.8. The maximum atomic E-state index is 16.9. The number of aliphatic hydroxyl groups is 1. The number of rotatable bonds is 10. The molecular weight excluding hydrogens is 753 g/mol. The lowest BCUT2D eigenvalue weighted by molar-refractivity contribution is -0.295. The first-order chi connectivity index (χ1) is 27.2. The van der Waals surface area contributed by atoms with Crippen LogP contribution in [0.2, 0.25) is 0 Å². The first-order valence-electron chi connectivity index (χ1n) is 20.4. The molecule has 1 aromatic heterocycles. The van der Waals surface area contributed by atoms with Crippen LogP contribution in [0.1, 0.15) is 81.1 Å². The normalized spacial score (nSPS) is 38.0. The Bertz CT molecular complexity index is 1810. The summed E-state index contributed by atoms with van der Waals surface area (Å²) in [6.07, 6.45) is -3.50. The van der Waals surface area contributed by atoms with Crippen molar-refractivity contribution in [3.05, 3.63) is 36.5 Å². The van der Waals surface area contributed by atoms with Crippen LogP contribution in [0.15, 0.2) is 36.5 Å². The van der Waals surface area contributed by atoms with Crippen LogP contribution >= 0.6 is 0 Å². The minimum Gasteiger partial charge on any atom is -0.492 e. The molecule has 322 valence electrons.